The molecule has 1 aromatic carbocycles. The Morgan fingerprint density at radius 1 is 1.27 bits per heavy atom. The van der Waals surface area contributed by atoms with Crippen LogP contribution in [0.5, 0.6) is 0 Å². The zero-order chi connectivity index (χ0) is 15.9. The summed E-state index contributed by atoms with van der Waals surface area (Å²) in [4.78, 5) is 0. The third-order valence-electron chi connectivity index (χ3n) is 3.78. The Bertz CT molecular complexity index is 569. The van der Waals surface area contributed by atoms with Crippen molar-refractivity contribution in [2.75, 3.05) is 12.0 Å². The number of rotatable bonds is 3. The van der Waals surface area contributed by atoms with Gasteiger partial charge in [-0.2, -0.15) is 5.10 Å². The molecule has 2 N–H and O–H groups in total. The summed E-state index contributed by atoms with van der Waals surface area (Å²) >= 11 is 6.23. The summed E-state index contributed by atoms with van der Waals surface area (Å²) in [5.41, 5.74) is 8.38. The lowest BCUT2D eigenvalue weighted by atomic mass is 9.98. The summed E-state index contributed by atoms with van der Waals surface area (Å²) in [6, 6.07) is 10.00. The van der Waals surface area contributed by atoms with E-state index in [0.29, 0.717) is 0 Å². The molecule has 0 saturated carbocycles. The number of benzene rings is 1. The van der Waals surface area contributed by atoms with Gasteiger partial charge in [-0.05, 0) is 11.6 Å². The molecule has 1 aliphatic rings. The topological polar surface area (TPSA) is 41.9 Å². The van der Waals surface area contributed by atoms with Gasteiger partial charge in [0, 0.05) is 23.6 Å². The van der Waals surface area contributed by atoms with Crippen LogP contribution in [-0.4, -0.2) is 16.3 Å². The van der Waals surface area contributed by atoms with Crippen LogP contribution in [0.15, 0.2) is 30.3 Å². The van der Waals surface area contributed by atoms with E-state index in [1.54, 1.807) is 0 Å². The molecule has 0 radical (unpaired) electrons. The molecule has 1 aliphatic heterocycles. The van der Waals surface area contributed by atoms with E-state index < -0.39 is 0 Å². The van der Waals surface area contributed by atoms with Crippen molar-refractivity contribution in [3.8, 4) is 0 Å². The average Bonchev–Trinajstić information content (AvgIpc) is 2.99. The van der Waals surface area contributed by atoms with Gasteiger partial charge in [0.1, 0.15) is 5.82 Å². The number of hydrazine groups is 1. The van der Waals surface area contributed by atoms with E-state index in [1.165, 1.54) is 12.8 Å². The molecule has 0 spiro atoms. The summed E-state index contributed by atoms with van der Waals surface area (Å²) in [6.07, 6.45) is 2.64. The number of nitrogens with one attached hydrogen (secondary N) is 2. The number of halogens is 1. The molecule has 1 aromatic heterocycles. The van der Waals surface area contributed by atoms with Gasteiger partial charge in [-0.1, -0.05) is 63.4 Å². The standard InChI is InChI=1S/C13H15ClN4.C4H10/c1-9(10-4-2-3-5-11(10)14)12-8-13-16-15-6-7-18(13)17-12;1-3-4-2/h2-5,8-9,15-16H,6-7H2,1H3;3-4H2,1-2H3. The van der Waals surface area contributed by atoms with E-state index in [0.717, 1.165) is 35.2 Å². The number of hydrogen-bond acceptors (Lipinski definition) is 3. The Morgan fingerprint density at radius 2 is 2.00 bits per heavy atom. The first-order valence-electron chi connectivity index (χ1n) is 7.98. The van der Waals surface area contributed by atoms with Gasteiger partial charge in [-0.25, -0.2) is 10.1 Å². The fraction of sp³-hybridized carbons (Fsp3) is 0.471. The van der Waals surface area contributed by atoms with Crippen LogP contribution in [-0.2, 0) is 6.54 Å². The van der Waals surface area contributed by atoms with Crippen molar-refractivity contribution in [3.63, 3.8) is 0 Å². The highest BCUT2D eigenvalue weighted by molar-refractivity contribution is 6.31. The fourth-order valence-electron chi connectivity index (χ4n) is 2.22. The molecular formula is C17H25ClN4. The van der Waals surface area contributed by atoms with Crippen LogP contribution in [0.3, 0.4) is 0 Å². The fourth-order valence-corrected chi connectivity index (χ4v) is 2.52. The van der Waals surface area contributed by atoms with Crippen LogP contribution in [0.25, 0.3) is 0 Å². The van der Waals surface area contributed by atoms with Gasteiger partial charge in [-0.15, -0.1) is 0 Å². The predicted molar refractivity (Wildman–Crippen MR) is 93.4 cm³/mol. The van der Waals surface area contributed by atoms with E-state index in [-0.39, 0.29) is 5.92 Å². The van der Waals surface area contributed by atoms with E-state index in [2.05, 4.69) is 48.9 Å². The Labute approximate surface area is 137 Å². The minimum atomic E-state index is 0.193. The van der Waals surface area contributed by atoms with Gasteiger partial charge in [0.25, 0.3) is 0 Å². The van der Waals surface area contributed by atoms with Gasteiger partial charge in [-0.3, -0.25) is 0 Å². The van der Waals surface area contributed by atoms with Gasteiger partial charge in [0.15, 0.2) is 0 Å². The van der Waals surface area contributed by atoms with Crippen molar-refractivity contribution in [2.24, 2.45) is 0 Å². The van der Waals surface area contributed by atoms with E-state index in [9.17, 15) is 0 Å². The third-order valence-corrected chi connectivity index (χ3v) is 4.12. The molecule has 1 atom stereocenters. The minimum Gasteiger partial charge on any atom is -0.306 e. The van der Waals surface area contributed by atoms with Crippen LogP contribution >= 0.6 is 11.6 Å². The molecule has 0 amide bonds. The van der Waals surface area contributed by atoms with Crippen LogP contribution in [0.1, 0.15) is 50.8 Å². The zero-order valence-corrected chi connectivity index (χ0v) is 14.3. The maximum atomic E-state index is 6.23. The second-order valence-electron chi connectivity index (χ2n) is 5.47. The highest BCUT2D eigenvalue weighted by Crippen LogP contribution is 2.30. The monoisotopic (exact) mass is 320 g/mol. The Hall–Kier alpha value is -1.52. The van der Waals surface area contributed by atoms with Crippen molar-refractivity contribution < 1.29 is 0 Å². The minimum absolute atomic E-state index is 0.193. The maximum absolute atomic E-state index is 6.23. The van der Waals surface area contributed by atoms with Crippen LogP contribution in [0, 0.1) is 0 Å². The molecule has 0 saturated heterocycles. The molecule has 2 heterocycles. The number of hydrogen-bond donors (Lipinski definition) is 2. The molecule has 4 nitrogen and oxygen atoms in total. The Morgan fingerprint density at radius 3 is 2.64 bits per heavy atom. The largest absolute Gasteiger partial charge is 0.306 e. The second-order valence-corrected chi connectivity index (χ2v) is 5.88. The molecule has 120 valence electrons. The lowest BCUT2D eigenvalue weighted by Crippen LogP contribution is -2.33. The Balaban J connectivity index is 0.000000396. The smallest absolute Gasteiger partial charge is 0.138 e. The SMILES string of the molecule is CC(c1cc2n(n1)CCNN2)c1ccccc1Cl.CCCC. The number of unbranched alkanes of at least 4 members (excludes halogenated alkanes) is 1. The zero-order valence-electron chi connectivity index (χ0n) is 13.6. The molecule has 0 bridgehead atoms. The normalized spacial score (nSPS) is 14.4. The summed E-state index contributed by atoms with van der Waals surface area (Å²) in [6.45, 7) is 8.26. The highest BCUT2D eigenvalue weighted by Gasteiger charge is 2.18. The van der Waals surface area contributed by atoms with Crippen molar-refractivity contribution in [3.05, 3.63) is 46.6 Å². The number of aromatic nitrogens is 2. The van der Waals surface area contributed by atoms with E-state index in [1.807, 2.05) is 22.9 Å². The van der Waals surface area contributed by atoms with Crippen LogP contribution in [0.4, 0.5) is 5.82 Å². The molecule has 2 aromatic rings. The van der Waals surface area contributed by atoms with Gasteiger partial charge >= 0.3 is 0 Å². The number of fused-ring (bicyclic) bond motifs is 1. The van der Waals surface area contributed by atoms with Gasteiger partial charge < -0.3 is 5.43 Å². The lowest BCUT2D eigenvalue weighted by Gasteiger charge is -2.15. The van der Waals surface area contributed by atoms with Crippen molar-refractivity contribution in [2.45, 2.75) is 46.1 Å². The molecule has 0 aliphatic carbocycles. The summed E-state index contributed by atoms with van der Waals surface area (Å²) in [5.74, 6) is 1.20. The van der Waals surface area contributed by atoms with E-state index in [4.69, 9.17) is 11.6 Å². The van der Waals surface area contributed by atoms with Crippen molar-refractivity contribution in [1.82, 2.24) is 15.2 Å². The molecule has 22 heavy (non-hydrogen) atoms. The number of nitrogens with zero attached hydrogens (tertiary/aromatic N) is 2. The van der Waals surface area contributed by atoms with E-state index >= 15 is 0 Å². The summed E-state index contributed by atoms with van der Waals surface area (Å²) in [5, 5.41) is 5.42. The lowest BCUT2D eigenvalue weighted by molar-refractivity contribution is 0.539. The average molecular weight is 321 g/mol. The predicted octanol–water partition coefficient (Wildman–Crippen LogP) is 4.42. The maximum Gasteiger partial charge on any atom is 0.138 e. The summed E-state index contributed by atoms with van der Waals surface area (Å²) in [7, 11) is 0. The third kappa shape index (κ3) is 4.02. The molecule has 3 rings (SSSR count). The summed E-state index contributed by atoms with van der Waals surface area (Å²) < 4.78 is 1.99. The number of anilines is 1. The highest BCUT2D eigenvalue weighted by atomic mass is 35.5. The second kappa shape index (κ2) is 8.20. The first-order chi connectivity index (χ1) is 10.7. The quantitative estimate of drug-likeness (QED) is 0.879. The van der Waals surface area contributed by atoms with Crippen LogP contribution < -0.4 is 10.9 Å². The van der Waals surface area contributed by atoms with Gasteiger partial charge in [0.2, 0.25) is 0 Å². The van der Waals surface area contributed by atoms with Crippen molar-refractivity contribution >= 4 is 17.4 Å². The first kappa shape index (κ1) is 16.8. The Kier molecular flexibility index (Phi) is 6.28. The molecule has 1 unspecified atom stereocenters. The van der Waals surface area contributed by atoms with Crippen LogP contribution in [0.2, 0.25) is 5.02 Å². The first-order valence-corrected chi connectivity index (χ1v) is 8.36. The van der Waals surface area contributed by atoms with Crippen molar-refractivity contribution in [1.29, 1.82) is 0 Å². The molecule has 0 fully saturated rings. The molecular weight excluding hydrogens is 296 g/mol. The molecule has 5 heteroatoms. The van der Waals surface area contributed by atoms with Gasteiger partial charge in [0.05, 0.1) is 12.2 Å².